The lowest BCUT2D eigenvalue weighted by Gasteiger charge is -2.33. The highest BCUT2D eigenvalue weighted by Crippen LogP contribution is 2.31. The zero-order chi connectivity index (χ0) is 25.6. The normalized spacial score (nSPS) is 15.6. The smallest absolute Gasteiger partial charge is 0.131 e. The van der Waals surface area contributed by atoms with E-state index in [9.17, 15) is 4.39 Å². The average molecular weight is 536 g/mol. The Kier molecular flexibility index (Phi) is 8.66. The summed E-state index contributed by atoms with van der Waals surface area (Å²) in [5, 5.41) is 6.30. The molecule has 0 amide bonds. The molecule has 0 bridgehead atoms. The first-order chi connectivity index (χ1) is 18.1. The third-order valence-corrected chi connectivity index (χ3v) is 8.43. The highest BCUT2D eigenvalue weighted by Gasteiger charge is 2.21. The Hall–Kier alpha value is -2.59. The summed E-state index contributed by atoms with van der Waals surface area (Å²) in [4.78, 5) is 2.60. The van der Waals surface area contributed by atoms with E-state index in [0.29, 0.717) is 15.4 Å². The number of nitrogens with one attached hydrogen (secondary N) is 1. The first-order valence-electron chi connectivity index (χ1n) is 13.2. The van der Waals surface area contributed by atoms with Gasteiger partial charge < -0.3 is 10.2 Å². The minimum absolute atomic E-state index is 0.196. The Balaban J connectivity index is 1.23. The molecule has 4 aromatic rings. The third kappa shape index (κ3) is 6.65. The lowest BCUT2D eigenvalue weighted by molar-refractivity contribution is 0.179. The largest absolute Gasteiger partial charge is 0.384 e. The van der Waals surface area contributed by atoms with Crippen molar-refractivity contribution in [2.75, 3.05) is 31.5 Å². The summed E-state index contributed by atoms with van der Waals surface area (Å²) in [5.41, 5.74) is 3.57. The van der Waals surface area contributed by atoms with Crippen LogP contribution in [0.25, 0.3) is 10.8 Å². The average Bonchev–Trinajstić information content (AvgIpc) is 2.93. The molecule has 0 aliphatic carbocycles. The minimum atomic E-state index is -0.196. The van der Waals surface area contributed by atoms with E-state index < -0.39 is 0 Å². The molecule has 37 heavy (non-hydrogen) atoms. The minimum Gasteiger partial charge on any atom is -0.384 e. The number of hydrogen-bond acceptors (Lipinski definition) is 2. The van der Waals surface area contributed by atoms with E-state index in [0.717, 1.165) is 49.6 Å². The van der Waals surface area contributed by atoms with Gasteiger partial charge >= 0.3 is 0 Å². The van der Waals surface area contributed by atoms with Crippen LogP contribution in [0.3, 0.4) is 0 Å². The maximum absolute atomic E-state index is 14.3. The molecule has 0 aromatic heterocycles. The van der Waals surface area contributed by atoms with Crippen LogP contribution in [0.2, 0.25) is 10.0 Å². The molecule has 1 unspecified atom stereocenters. The second-order valence-electron chi connectivity index (χ2n) is 10.2. The number of rotatable bonds is 9. The van der Waals surface area contributed by atoms with Crippen molar-refractivity contribution in [2.45, 2.75) is 31.6 Å². The highest BCUT2D eigenvalue weighted by atomic mass is 35.5. The van der Waals surface area contributed by atoms with Crippen molar-refractivity contribution in [1.82, 2.24) is 4.90 Å². The zero-order valence-electron chi connectivity index (χ0n) is 21.0. The predicted octanol–water partition coefficient (Wildman–Crippen LogP) is 8.83. The molecule has 1 saturated heterocycles. The quantitative estimate of drug-likeness (QED) is 0.230. The molecule has 2 nitrogen and oxygen atoms in total. The van der Waals surface area contributed by atoms with E-state index in [2.05, 4.69) is 46.6 Å². The van der Waals surface area contributed by atoms with Gasteiger partial charge in [-0.25, -0.2) is 4.39 Å². The molecule has 1 aliphatic heterocycles. The molecule has 1 heterocycles. The number of fused-ring (bicyclic) bond motifs is 1. The maximum Gasteiger partial charge on any atom is 0.131 e. The Bertz CT molecular complexity index is 1320. The fourth-order valence-electron chi connectivity index (χ4n) is 5.50. The summed E-state index contributed by atoms with van der Waals surface area (Å²) >= 11 is 12.6. The van der Waals surface area contributed by atoms with Crippen molar-refractivity contribution in [3.8, 4) is 0 Å². The molecule has 5 rings (SSSR count). The fourth-order valence-corrected chi connectivity index (χ4v) is 5.81. The predicted molar refractivity (Wildman–Crippen MR) is 156 cm³/mol. The van der Waals surface area contributed by atoms with Crippen LogP contribution in [-0.2, 0) is 6.42 Å². The summed E-state index contributed by atoms with van der Waals surface area (Å²) in [6.07, 6.45) is 4.67. The Morgan fingerprint density at radius 2 is 1.57 bits per heavy atom. The molecule has 0 spiro atoms. The Morgan fingerprint density at radius 3 is 2.32 bits per heavy atom. The van der Waals surface area contributed by atoms with Gasteiger partial charge in [0.25, 0.3) is 0 Å². The van der Waals surface area contributed by atoms with Crippen molar-refractivity contribution in [3.05, 3.63) is 112 Å². The Labute approximate surface area is 229 Å². The van der Waals surface area contributed by atoms with Crippen LogP contribution in [0.15, 0.2) is 84.9 Å². The third-order valence-electron chi connectivity index (χ3n) is 7.69. The second-order valence-corrected chi connectivity index (χ2v) is 11.0. The lowest BCUT2D eigenvalue weighted by atomic mass is 9.89. The van der Waals surface area contributed by atoms with Gasteiger partial charge in [-0.3, -0.25) is 0 Å². The van der Waals surface area contributed by atoms with Crippen LogP contribution in [0, 0.1) is 11.7 Å². The van der Waals surface area contributed by atoms with Crippen LogP contribution in [-0.4, -0.2) is 31.1 Å². The monoisotopic (exact) mass is 534 g/mol. The van der Waals surface area contributed by atoms with Gasteiger partial charge in [0.2, 0.25) is 0 Å². The van der Waals surface area contributed by atoms with E-state index in [1.165, 1.54) is 30.4 Å². The maximum atomic E-state index is 14.3. The lowest BCUT2D eigenvalue weighted by Crippen LogP contribution is -2.36. The molecule has 1 aliphatic rings. The molecule has 0 radical (unpaired) electrons. The van der Waals surface area contributed by atoms with Gasteiger partial charge in [0.1, 0.15) is 5.82 Å². The van der Waals surface area contributed by atoms with Gasteiger partial charge in [-0.2, -0.15) is 0 Å². The molecular formula is C32H33Cl2FN2. The van der Waals surface area contributed by atoms with Crippen LogP contribution < -0.4 is 5.32 Å². The van der Waals surface area contributed by atoms with Crippen LogP contribution in [0.5, 0.6) is 0 Å². The SMILES string of the molecule is Fc1ccc(NCC(CCN2CCC(Cc3ccccc3)CC2)c2ccc(Cl)c(Cl)c2)c2ccccc12. The Morgan fingerprint density at radius 1 is 0.838 bits per heavy atom. The van der Waals surface area contributed by atoms with E-state index in [-0.39, 0.29) is 11.7 Å². The molecule has 0 saturated carbocycles. The first kappa shape index (κ1) is 26.0. The molecule has 1 N–H and O–H groups in total. The van der Waals surface area contributed by atoms with E-state index in [1.807, 2.05) is 42.5 Å². The number of piperidine rings is 1. The van der Waals surface area contributed by atoms with E-state index in [4.69, 9.17) is 23.2 Å². The standard InChI is InChI=1S/C32H33Cl2FN2/c33-29-11-10-25(21-30(29)34)26(22-36-32-13-12-31(35)27-8-4-5-9-28(27)32)16-19-37-17-14-24(15-18-37)20-23-6-2-1-3-7-23/h1-13,21,24,26,36H,14-20,22H2. The van der Waals surface area contributed by atoms with Gasteiger partial charge in [-0.15, -0.1) is 0 Å². The number of anilines is 1. The van der Waals surface area contributed by atoms with Gasteiger partial charge in [-0.05, 0) is 86.6 Å². The number of likely N-dealkylation sites (tertiary alicyclic amines) is 1. The summed E-state index contributed by atoms with van der Waals surface area (Å²) in [5.74, 6) is 0.816. The van der Waals surface area contributed by atoms with Crippen molar-refractivity contribution < 1.29 is 4.39 Å². The topological polar surface area (TPSA) is 15.3 Å². The van der Waals surface area contributed by atoms with Gasteiger partial charge in [0.05, 0.1) is 10.0 Å². The van der Waals surface area contributed by atoms with Gasteiger partial charge in [0, 0.05) is 28.9 Å². The summed E-state index contributed by atoms with van der Waals surface area (Å²) < 4.78 is 14.3. The van der Waals surface area contributed by atoms with Crippen molar-refractivity contribution in [3.63, 3.8) is 0 Å². The molecule has 192 valence electrons. The van der Waals surface area contributed by atoms with Crippen molar-refractivity contribution >= 4 is 39.7 Å². The molecular weight excluding hydrogens is 502 g/mol. The van der Waals surface area contributed by atoms with Crippen molar-refractivity contribution in [1.29, 1.82) is 0 Å². The van der Waals surface area contributed by atoms with E-state index in [1.54, 1.807) is 6.07 Å². The van der Waals surface area contributed by atoms with Gasteiger partial charge in [0.15, 0.2) is 0 Å². The summed E-state index contributed by atoms with van der Waals surface area (Å²) in [6, 6.07) is 27.8. The summed E-state index contributed by atoms with van der Waals surface area (Å²) in [6.45, 7) is 4.05. The highest BCUT2D eigenvalue weighted by molar-refractivity contribution is 6.42. The summed E-state index contributed by atoms with van der Waals surface area (Å²) in [7, 11) is 0. The number of benzene rings is 4. The first-order valence-corrected chi connectivity index (χ1v) is 13.9. The van der Waals surface area contributed by atoms with E-state index >= 15 is 0 Å². The van der Waals surface area contributed by atoms with Crippen LogP contribution in [0.1, 0.15) is 36.3 Å². The number of nitrogens with zero attached hydrogens (tertiary/aromatic N) is 1. The number of halogens is 3. The van der Waals surface area contributed by atoms with Gasteiger partial charge in [-0.1, -0.05) is 83.9 Å². The van der Waals surface area contributed by atoms with Crippen LogP contribution in [0.4, 0.5) is 10.1 Å². The van der Waals surface area contributed by atoms with Crippen molar-refractivity contribution in [2.24, 2.45) is 5.92 Å². The molecule has 1 atom stereocenters. The number of hydrogen-bond donors (Lipinski definition) is 1. The fraction of sp³-hybridized carbons (Fsp3) is 0.312. The van der Waals surface area contributed by atoms with Crippen LogP contribution >= 0.6 is 23.2 Å². The molecule has 1 fully saturated rings. The second kappa shape index (κ2) is 12.3. The zero-order valence-corrected chi connectivity index (χ0v) is 22.5. The molecule has 4 aromatic carbocycles. The molecule has 5 heteroatoms.